The zero-order chi connectivity index (χ0) is 16.3. The van der Waals surface area contributed by atoms with Crippen LogP contribution in [-0.4, -0.2) is 8.42 Å². The van der Waals surface area contributed by atoms with Gasteiger partial charge in [0, 0.05) is 0 Å². The van der Waals surface area contributed by atoms with Crippen molar-refractivity contribution in [3.63, 3.8) is 0 Å². The number of hydrogen-bond acceptors (Lipinski definition) is 2. The normalized spacial score (nSPS) is 12.9. The quantitative estimate of drug-likeness (QED) is 0.849. The van der Waals surface area contributed by atoms with Gasteiger partial charge >= 0.3 is 0 Å². The lowest BCUT2D eigenvalue weighted by molar-refractivity contribution is 0.599. The van der Waals surface area contributed by atoms with Crippen molar-refractivity contribution < 1.29 is 12.8 Å². The van der Waals surface area contributed by atoms with Crippen molar-refractivity contribution in [3.05, 3.63) is 58.9 Å². The standard InChI is InChI=1S/C16H17ClFNO2S/c1-3-11(2)13-6-4-5-7-16(13)19-22(20,21)12-8-9-15(18)14(17)10-12/h4-11,19H,3H2,1-2H3/t11-/m0/s1. The number of para-hydroxylation sites is 1. The maximum atomic E-state index is 13.2. The lowest BCUT2D eigenvalue weighted by atomic mass is 9.97. The second-order valence-electron chi connectivity index (χ2n) is 5.08. The van der Waals surface area contributed by atoms with E-state index in [1.165, 1.54) is 6.07 Å². The zero-order valence-electron chi connectivity index (χ0n) is 12.3. The van der Waals surface area contributed by atoms with E-state index in [1.54, 1.807) is 12.1 Å². The number of sulfonamides is 1. The molecule has 0 radical (unpaired) electrons. The van der Waals surface area contributed by atoms with Crippen LogP contribution >= 0.6 is 11.6 Å². The van der Waals surface area contributed by atoms with Crippen LogP contribution in [0.25, 0.3) is 0 Å². The summed E-state index contributed by atoms with van der Waals surface area (Å²) in [6.07, 6.45) is 0.890. The number of anilines is 1. The van der Waals surface area contributed by atoms with Crippen LogP contribution in [0, 0.1) is 5.82 Å². The predicted molar refractivity (Wildman–Crippen MR) is 87.4 cm³/mol. The average Bonchev–Trinajstić information content (AvgIpc) is 2.49. The molecule has 0 aliphatic carbocycles. The Morgan fingerprint density at radius 2 is 1.91 bits per heavy atom. The largest absolute Gasteiger partial charge is 0.279 e. The maximum Gasteiger partial charge on any atom is 0.261 e. The first-order valence-corrected chi connectivity index (χ1v) is 8.78. The summed E-state index contributed by atoms with van der Waals surface area (Å²) in [4.78, 5) is -0.0714. The second kappa shape index (κ2) is 6.67. The zero-order valence-corrected chi connectivity index (χ0v) is 13.9. The molecule has 2 rings (SSSR count). The van der Waals surface area contributed by atoms with Crippen LogP contribution in [0.2, 0.25) is 5.02 Å². The summed E-state index contributed by atoms with van der Waals surface area (Å²) in [7, 11) is -3.82. The first kappa shape index (κ1) is 16.8. The lowest BCUT2D eigenvalue weighted by Gasteiger charge is -2.16. The number of nitrogens with one attached hydrogen (secondary N) is 1. The summed E-state index contributed by atoms with van der Waals surface area (Å²) < 4.78 is 40.6. The molecule has 3 nitrogen and oxygen atoms in total. The first-order valence-electron chi connectivity index (χ1n) is 6.92. The highest BCUT2D eigenvalue weighted by Crippen LogP contribution is 2.29. The molecule has 0 heterocycles. The minimum absolute atomic E-state index is 0.0714. The van der Waals surface area contributed by atoms with Crippen molar-refractivity contribution in [2.75, 3.05) is 4.72 Å². The second-order valence-corrected chi connectivity index (χ2v) is 7.17. The van der Waals surface area contributed by atoms with Crippen LogP contribution in [0.5, 0.6) is 0 Å². The Kier molecular flexibility index (Phi) is 5.08. The molecule has 0 saturated carbocycles. The fourth-order valence-electron chi connectivity index (χ4n) is 2.09. The summed E-state index contributed by atoms with van der Waals surface area (Å²) in [5, 5.41) is -0.224. The third kappa shape index (κ3) is 3.59. The topological polar surface area (TPSA) is 46.2 Å². The molecule has 0 saturated heterocycles. The molecule has 6 heteroatoms. The Morgan fingerprint density at radius 1 is 1.23 bits per heavy atom. The lowest BCUT2D eigenvalue weighted by Crippen LogP contribution is -2.15. The van der Waals surface area contributed by atoms with Crippen molar-refractivity contribution >= 4 is 27.3 Å². The fourth-order valence-corrected chi connectivity index (χ4v) is 3.45. The molecule has 0 unspecified atom stereocenters. The van der Waals surface area contributed by atoms with Crippen LogP contribution < -0.4 is 4.72 Å². The van der Waals surface area contributed by atoms with Crippen molar-refractivity contribution in [1.29, 1.82) is 0 Å². The molecule has 0 aliphatic rings. The Morgan fingerprint density at radius 3 is 2.55 bits per heavy atom. The number of halogens is 2. The van der Waals surface area contributed by atoms with Gasteiger partial charge in [0.25, 0.3) is 10.0 Å². The third-order valence-corrected chi connectivity index (χ3v) is 5.20. The maximum absolute atomic E-state index is 13.2. The molecule has 22 heavy (non-hydrogen) atoms. The third-order valence-electron chi connectivity index (χ3n) is 3.55. The van der Waals surface area contributed by atoms with E-state index in [0.717, 1.165) is 24.1 Å². The predicted octanol–water partition coefficient (Wildman–Crippen LogP) is 4.79. The summed E-state index contributed by atoms with van der Waals surface area (Å²) in [6.45, 7) is 4.07. The molecule has 0 amide bonds. The van der Waals surface area contributed by atoms with Crippen molar-refractivity contribution in [3.8, 4) is 0 Å². The minimum Gasteiger partial charge on any atom is -0.279 e. The van der Waals surface area contributed by atoms with E-state index in [0.29, 0.717) is 5.69 Å². The van der Waals surface area contributed by atoms with Gasteiger partial charge in [0.15, 0.2) is 0 Å². The van der Waals surface area contributed by atoms with E-state index < -0.39 is 15.8 Å². The summed E-state index contributed by atoms with van der Waals surface area (Å²) >= 11 is 5.66. The Labute approximate surface area is 135 Å². The van der Waals surface area contributed by atoms with E-state index in [9.17, 15) is 12.8 Å². The fraction of sp³-hybridized carbons (Fsp3) is 0.250. The number of benzene rings is 2. The van der Waals surface area contributed by atoms with Gasteiger partial charge in [-0.2, -0.15) is 0 Å². The van der Waals surface area contributed by atoms with E-state index in [4.69, 9.17) is 11.6 Å². The molecule has 1 N–H and O–H groups in total. The molecule has 1 atom stereocenters. The van der Waals surface area contributed by atoms with Gasteiger partial charge in [-0.1, -0.05) is 43.6 Å². The van der Waals surface area contributed by atoms with Gasteiger partial charge in [0.2, 0.25) is 0 Å². The molecule has 0 aromatic heterocycles. The molecule has 118 valence electrons. The van der Waals surface area contributed by atoms with Crippen molar-refractivity contribution in [2.45, 2.75) is 31.1 Å². The monoisotopic (exact) mass is 341 g/mol. The molecule has 0 spiro atoms. The van der Waals surface area contributed by atoms with E-state index >= 15 is 0 Å². The average molecular weight is 342 g/mol. The molecular formula is C16H17ClFNO2S. The first-order chi connectivity index (χ1) is 10.3. The van der Waals surface area contributed by atoms with Crippen LogP contribution in [0.15, 0.2) is 47.4 Å². The van der Waals surface area contributed by atoms with Gasteiger partial charge in [-0.3, -0.25) is 4.72 Å². The van der Waals surface area contributed by atoms with Crippen LogP contribution in [-0.2, 0) is 10.0 Å². The SMILES string of the molecule is CC[C@H](C)c1ccccc1NS(=O)(=O)c1ccc(F)c(Cl)c1. The Bertz CT molecular complexity index is 777. The molecule has 0 bridgehead atoms. The molecule has 2 aromatic rings. The van der Waals surface area contributed by atoms with Crippen molar-refractivity contribution in [2.24, 2.45) is 0 Å². The number of hydrogen-bond donors (Lipinski definition) is 1. The van der Waals surface area contributed by atoms with E-state index in [2.05, 4.69) is 4.72 Å². The highest BCUT2D eigenvalue weighted by atomic mass is 35.5. The van der Waals surface area contributed by atoms with Crippen LogP contribution in [0.4, 0.5) is 10.1 Å². The van der Waals surface area contributed by atoms with Crippen molar-refractivity contribution in [1.82, 2.24) is 0 Å². The smallest absolute Gasteiger partial charge is 0.261 e. The summed E-state index contributed by atoms with van der Waals surface area (Å²) in [5.41, 5.74) is 1.44. The highest BCUT2D eigenvalue weighted by Gasteiger charge is 2.18. The highest BCUT2D eigenvalue weighted by molar-refractivity contribution is 7.92. The van der Waals surface area contributed by atoms with Gasteiger partial charge < -0.3 is 0 Å². The molecule has 2 aromatic carbocycles. The van der Waals surface area contributed by atoms with Gasteiger partial charge in [-0.15, -0.1) is 0 Å². The van der Waals surface area contributed by atoms with Gasteiger partial charge in [0.1, 0.15) is 5.82 Å². The molecule has 0 aliphatic heterocycles. The van der Waals surface area contributed by atoms with Crippen LogP contribution in [0.3, 0.4) is 0 Å². The Balaban J connectivity index is 2.39. The van der Waals surface area contributed by atoms with Gasteiger partial charge in [-0.05, 0) is 42.2 Å². The van der Waals surface area contributed by atoms with E-state index in [-0.39, 0.29) is 15.8 Å². The number of rotatable bonds is 5. The Hall–Kier alpha value is -1.59. The van der Waals surface area contributed by atoms with Gasteiger partial charge in [0.05, 0.1) is 15.6 Å². The molecular weight excluding hydrogens is 325 g/mol. The molecule has 0 fully saturated rings. The summed E-state index contributed by atoms with van der Waals surface area (Å²) in [5.74, 6) is -0.434. The van der Waals surface area contributed by atoms with Crippen LogP contribution in [0.1, 0.15) is 31.7 Å². The van der Waals surface area contributed by atoms with E-state index in [1.807, 2.05) is 26.0 Å². The summed E-state index contributed by atoms with van der Waals surface area (Å²) in [6, 6.07) is 10.6. The minimum atomic E-state index is -3.82. The van der Waals surface area contributed by atoms with Gasteiger partial charge in [-0.25, -0.2) is 12.8 Å².